The van der Waals surface area contributed by atoms with Crippen molar-refractivity contribution in [2.24, 2.45) is 17.1 Å². The molecule has 2 nitrogen and oxygen atoms in total. The standard InChI is InChI=1S/C10H12F3NO/c1-6-7(8(14)15)4-3-5-9(6,2)10(11,12)13/h3-6H,1-2H3,(H2,14,15). The normalized spacial score (nSPS) is 31.3. The van der Waals surface area contributed by atoms with Crippen LogP contribution in [0.25, 0.3) is 0 Å². The number of carbonyl (C=O) groups is 1. The molecule has 5 heteroatoms. The molecule has 84 valence electrons. The van der Waals surface area contributed by atoms with Crippen LogP contribution in [0.4, 0.5) is 13.2 Å². The molecular weight excluding hydrogens is 207 g/mol. The molecule has 1 aliphatic carbocycles. The van der Waals surface area contributed by atoms with E-state index in [1.807, 2.05) is 0 Å². The van der Waals surface area contributed by atoms with E-state index in [1.54, 1.807) is 0 Å². The molecule has 0 aliphatic heterocycles. The van der Waals surface area contributed by atoms with Crippen LogP contribution in [-0.2, 0) is 4.79 Å². The summed E-state index contributed by atoms with van der Waals surface area (Å²) in [7, 11) is 0. The maximum atomic E-state index is 12.8. The topological polar surface area (TPSA) is 43.1 Å². The average Bonchev–Trinajstić information content (AvgIpc) is 2.07. The van der Waals surface area contributed by atoms with Crippen molar-refractivity contribution in [2.45, 2.75) is 20.0 Å². The fourth-order valence-electron chi connectivity index (χ4n) is 1.60. The van der Waals surface area contributed by atoms with Gasteiger partial charge < -0.3 is 5.73 Å². The molecule has 0 fully saturated rings. The van der Waals surface area contributed by atoms with Crippen molar-refractivity contribution < 1.29 is 18.0 Å². The molecular formula is C10H12F3NO. The van der Waals surface area contributed by atoms with Gasteiger partial charge in [-0.25, -0.2) is 0 Å². The van der Waals surface area contributed by atoms with Gasteiger partial charge in [0.2, 0.25) is 5.91 Å². The predicted molar refractivity (Wildman–Crippen MR) is 49.7 cm³/mol. The number of carbonyl (C=O) groups excluding carboxylic acids is 1. The Kier molecular flexibility index (Phi) is 2.67. The summed E-state index contributed by atoms with van der Waals surface area (Å²) in [5, 5.41) is 0. The lowest BCUT2D eigenvalue weighted by molar-refractivity contribution is -0.211. The predicted octanol–water partition coefficient (Wildman–Crippen LogP) is 2.17. The first-order valence-corrected chi connectivity index (χ1v) is 4.46. The molecule has 0 aromatic heterocycles. The highest BCUT2D eigenvalue weighted by atomic mass is 19.4. The van der Waals surface area contributed by atoms with Crippen molar-refractivity contribution in [1.29, 1.82) is 0 Å². The van der Waals surface area contributed by atoms with Crippen molar-refractivity contribution in [3.63, 3.8) is 0 Å². The van der Waals surface area contributed by atoms with Gasteiger partial charge in [-0.05, 0) is 6.92 Å². The molecule has 0 bridgehead atoms. The lowest BCUT2D eigenvalue weighted by atomic mass is 9.70. The second kappa shape index (κ2) is 3.40. The van der Waals surface area contributed by atoms with Gasteiger partial charge in [-0.2, -0.15) is 13.2 Å². The zero-order valence-electron chi connectivity index (χ0n) is 8.43. The van der Waals surface area contributed by atoms with E-state index in [0.717, 1.165) is 13.0 Å². The van der Waals surface area contributed by atoms with E-state index < -0.39 is 23.4 Å². The minimum Gasteiger partial charge on any atom is -0.366 e. The van der Waals surface area contributed by atoms with Crippen molar-refractivity contribution in [3.05, 3.63) is 23.8 Å². The molecule has 0 saturated carbocycles. The number of hydrogen-bond acceptors (Lipinski definition) is 1. The van der Waals surface area contributed by atoms with Gasteiger partial charge in [0.15, 0.2) is 0 Å². The van der Waals surface area contributed by atoms with Crippen LogP contribution in [0.5, 0.6) is 0 Å². The van der Waals surface area contributed by atoms with Crippen molar-refractivity contribution in [2.75, 3.05) is 0 Å². The number of amides is 1. The summed E-state index contributed by atoms with van der Waals surface area (Å²) >= 11 is 0. The lowest BCUT2D eigenvalue weighted by Gasteiger charge is -2.37. The largest absolute Gasteiger partial charge is 0.398 e. The van der Waals surface area contributed by atoms with Gasteiger partial charge in [0.05, 0.1) is 5.41 Å². The van der Waals surface area contributed by atoms with Gasteiger partial charge >= 0.3 is 6.18 Å². The number of primary amides is 1. The number of alkyl halides is 3. The molecule has 2 atom stereocenters. The van der Waals surface area contributed by atoms with Gasteiger partial charge in [0, 0.05) is 11.5 Å². The quantitative estimate of drug-likeness (QED) is 0.721. The Morgan fingerprint density at radius 1 is 1.53 bits per heavy atom. The maximum absolute atomic E-state index is 12.8. The average molecular weight is 219 g/mol. The second-order valence-corrected chi connectivity index (χ2v) is 3.85. The van der Waals surface area contributed by atoms with E-state index >= 15 is 0 Å². The fraction of sp³-hybridized carbons (Fsp3) is 0.500. The van der Waals surface area contributed by atoms with Gasteiger partial charge in [0.1, 0.15) is 0 Å². The summed E-state index contributed by atoms with van der Waals surface area (Å²) in [5.41, 5.74) is 3.00. The molecule has 0 radical (unpaired) electrons. The van der Waals surface area contributed by atoms with E-state index in [1.165, 1.54) is 19.1 Å². The summed E-state index contributed by atoms with van der Waals surface area (Å²) in [6, 6.07) is 0. The first kappa shape index (κ1) is 11.8. The summed E-state index contributed by atoms with van der Waals surface area (Å²) in [5.74, 6) is -1.76. The van der Waals surface area contributed by atoms with Gasteiger partial charge in [0.25, 0.3) is 0 Å². The molecule has 0 aromatic rings. The molecule has 0 spiro atoms. The zero-order chi connectivity index (χ0) is 11.9. The number of nitrogens with two attached hydrogens (primary N) is 1. The molecule has 0 aromatic carbocycles. The maximum Gasteiger partial charge on any atom is 0.398 e. The number of halogens is 3. The van der Waals surface area contributed by atoms with Crippen molar-refractivity contribution in [1.82, 2.24) is 0 Å². The van der Waals surface area contributed by atoms with Crippen LogP contribution in [0, 0.1) is 11.3 Å². The summed E-state index contributed by atoms with van der Waals surface area (Å²) in [6.45, 7) is 2.41. The lowest BCUT2D eigenvalue weighted by Crippen LogP contribution is -2.43. The highest BCUT2D eigenvalue weighted by molar-refractivity contribution is 5.93. The third kappa shape index (κ3) is 1.78. The minimum atomic E-state index is -4.39. The van der Waals surface area contributed by atoms with Crippen LogP contribution in [0.3, 0.4) is 0 Å². The number of rotatable bonds is 1. The third-order valence-corrected chi connectivity index (χ3v) is 2.98. The first-order valence-electron chi connectivity index (χ1n) is 4.46. The molecule has 0 saturated heterocycles. The van der Waals surface area contributed by atoms with Crippen LogP contribution in [0.1, 0.15) is 13.8 Å². The van der Waals surface area contributed by atoms with Crippen LogP contribution in [0.2, 0.25) is 0 Å². The van der Waals surface area contributed by atoms with Crippen LogP contribution >= 0.6 is 0 Å². The summed E-state index contributed by atoms with van der Waals surface area (Å²) < 4.78 is 38.3. The Morgan fingerprint density at radius 2 is 2.07 bits per heavy atom. The Hall–Kier alpha value is -1.26. The highest BCUT2D eigenvalue weighted by Gasteiger charge is 2.54. The summed E-state index contributed by atoms with van der Waals surface area (Å²) in [4.78, 5) is 10.9. The smallest absolute Gasteiger partial charge is 0.366 e. The van der Waals surface area contributed by atoms with Gasteiger partial charge in [-0.1, -0.05) is 25.2 Å². The van der Waals surface area contributed by atoms with Crippen LogP contribution in [0.15, 0.2) is 23.8 Å². The summed E-state index contributed by atoms with van der Waals surface area (Å²) in [6.07, 6.45) is -0.768. The SMILES string of the molecule is CC1C(C(N)=O)=CC=CC1(C)C(F)(F)F. The Labute approximate surface area is 85.6 Å². The molecule has 15 heavy (non-hydrogen) atoms. The fourth-order valence-corrected chi connectivity index (χ4v) is 1.60. The second-order valence-electron chi connectivity index (χ2n) is 3.85. The first-order chi connectivity index (χ1) is 6.70. The van der Waals surface area contributed by atoms with E-state index in [-0.39, 0.29) is 5.57 Å². The monoisotopic (exact) mass is 219 g/mol. The van der Waals surface area contributed by atoms with Crippen LogP contribution in [-0.4, -0.2) is 12.1 Å². The van der Waals surface area contributed by atoms with E-state index in [0.29, 0.717) is 0 Å². The molecule has 2 unspecified atom stereocenters. The molecule has 0 heterocycles. The minimum absolute atomic E-state index is 0.0114. The zero-order valence-corrected chi connectivity index (χ0v) is 8.43. The Morgan fingerprint density at radius 3 is 2.47 bits per heavy atom. The van der Waals surface area contributed by atoms with Crippen molar-refractivity contribution in [3.8, 4) is 0 Å². The third-order valence-electron chi connectivity index (χ3n) is 2.98. The van der Waals surface area contributed by atoms with E-state index in [4.69, 9.17) is 5.73 Å². The van der Waals surface area contributed by atoms with Gasteiger partial charge in [-0.15, -0.1) is 0 Å². The van der Waals surface area contributed by atoms with Crippen molar-refractivity contribution >= 4 is 5.91 Å². The highest BCUT2D eigenvalue weighted by Crippen LogP contribution is 2.49. The molecule has 1 amide bonds. The Balaban J connectivity index is 3.15. The van der Waals surface area contributed by atoms with Crippen LogP contribution < -0.4 is 5.73 Å². The Bertz CT molecular complexity index is 343. The number of hydrogen-bond donors (Lipinski definition) is 1. The molecule has 1 rings (SSSR count). The molecule has 1 aliphatic rings. The number of allylic oxidation sites excluding steroid dienone is 3. The molecule has 2 N–H and O–H groups in total. The van der Waals surface area contributed by atoms with E-state index in [2.05, 4.69) is 0 Å². The van der Waals surface area contributed by atoms with E-state index in [9.17, 15) is 18.0 Å². The van der Waals surface area contributed by atoms with Gasteiger partial charge in [-0.3, -0.25) is 4.79 Å².